The van der Waals surface area contributed by atoms with E-state index in [1.807, 2.05) is 0 Å². The third-order valence-electron chi connectivity index (χ3n) is 15.2. The van der Waals surface area contributed by atoms with Crippen LogP contribution < -0.4 is 4.90 Å². The average Bonchev–Trinajstić information content (AvgIpc) is 4.05. The predicted octanol–water partition coefficient (Wildman–Crippen LogP) is 16.6. The Labute approximate surface area is 385 Å². The molecule has 0 fully saturated rings. The second-order valence-corrected chi connectivity index (χ2v) is 18.8. The van der Waals surface area contributed by atoms with Crippen molar-refractivity contribution in [1.82, 2.24) is 4.57 Å². The first-order valence-electron chi connectivity index (χ1n) is 23.2. The number of nitrogens with zero attached hydrogens (tertiary/aromatic N) is 2. The Balaban J connectivity index is 1.06. The summed E-state index contributed by atoms with van der Waals surface area (Å²) in [6.45, 7) is 4.88. The smallest absolute Gasteiger partial charge is 0.0726 e. The van der Waals surface area contributed by atoms with E-state index in [1.54, 1.807) is 0 Å². The van der Waals surface area contributed by atoms with Crippen LogP contribution in [-0.2, 0) is 10.8 Å². The summed E-state index contributed by atoms with van der Waals surface area (Å²) in [5.74, 6) is 0. The summed E-state index contributed by atoms with van der Waals surface area (Å²) < 4.78 is 2.60. The minimum atomic E-state index is -0.483. The van der Waals surface area contributed by atoms with Crippen LogP contribution in [0.1, 0.15) is 47.2 Å². The molecule has 0 saturated heterocycles. The molecule has 1 aromatic heterocycles. The van der Waals surface area contributed by atoms with Gasteiger partial charge in [0.2, 0.25) is 0 Å². The molecule has 3 aliphatic rings. The summed E-state index contributed by atoms with van der Waals surface area (Å²) in [5.41, 5.74) is 24.9. The molecular weight excluding hydrogens is 797 g/mol. The van der Waals surface area contributed by atoms with Crippen molar-refractivity contribution in [3.8, 4) is 50.2 Å². The van der Waals surface area contributed by atoms with E-state index < -0.39 is 5.41 Å². The highest BCUT2D eigenvalue weighted by Crippen LogP contribution is 2.67. The zero-order valence-electron chi connectivity index (χ0n) is 36.8. The number of rotatable bonds is 5. The van der Waals surface area contributed by atoms with Crippen molar-refractivity contribution < 1.29 is 0 Å². The molecule has 0 N–H and O–H groups in total. The van der Waals surface area contributed by atoms with Crippen molar-refractivity contribution >= 4 is 38.9 Å². The summed E-state index contributed by atoms with van der Waals surface area (Å²) in [5, 5.41) is 2.46. The van der Waals surface area contributed by atoms with Crippen molar-refractivity contribution in [3.05, 3.63) is 264 Å². The Kier molecular flexibility index (Phi) is 7.70. The van der Waals surface area contributed by atoms with Gasteiger partial charge in [0.05, 0.1) is 22.1 Å². The molecule has 0 radical (unpaired) electrons. The Bertz CT molecular complexity index is 3730. The molecule has 14 rings (SSSR count). The van der Waals surface area contributed by atoms with Crippen LogP contribution in [0.4, 0.5) is 17.1 Å². The summed E-state index contributed by atoms with van der Waals surface area (Å²) >= 11 is 0. The van der Waals surface area contributed by atoms with E-state index in [4.69, 9.17) is 0 Å². The van der Waals surface area contributed by atoms with E-state index in [-0.39, 0.29) is 5.41 Å². The molecule has 0 saturated carbocycles. The van der Waals surface area contributed by atoms with Gasteiger partial charge in [0.15, 0.2) is 0 Å². The van der Waals surface area contributed by atoms with Gasteiger partial charge in [0, 0.05) is 33.2 Å². The van der Waals surface area contributed by atoms with E-state index in [0.717, 1.165) is 17.1 Å². The zero-order chi connectivity index (χ0) is 43.7. The molecule has 10 aromatic carbocycles. The maximum atomic E-state index is 2.62. The highest BCUT2D eigenvalue weighted by molar-refractivity contribution is 6.12. The second-order valence-electron chi connectivity index (χ2n) is 18.8. The molecule has 0 unspecified atom stereocenters. The summed E-state index contributed by atoms with van der Waals surface area (Å²) in [4.78, 5) is 2.39. The highest BCUT2D eigenvalue weighted by atomic mass is 15.1. The van der Waals surface area contributed by atoms with Crippen LogP contribution >= 0.6 is 0 Å². The van der Waals surface area contributed by atoms with Crippen LogP contribution in [-0.4, -0.2) is 4.57 Å². The number of hydrogen-bond acceptors (Lipinski definition) is 1. The minimum Gasteiger partial charge on any atom is -0.310 e. The second kappa shape index (κ2) is 13.7. The summed E-state index contributed by atoms with van der Waals surface area (Å²) in [6.07, 6.45) is 0. The van der Waals surface area contributed by atoms with Gasteiger partial charge in [-0.3, -0.25) is 0 Å². The van der Waals surface area contributed by atoms with Crippen LogP contribution in [0.2, 0.25) is 0 Å². The first-order valence-corrected chi connectivity index (χ1v) is 23.2. The number of para-hydroxylation sites is 2. The Morgan fingerprint density at radius 3 is 1.52 bits per heavy atom. The first-order chi connectivity index (χ1) is 32.5. The van der Waals surface area contributed by atoms with Crippen LogP contribution in [0.3, 0.4) is 0 Å². The number of anilines is 3. The quantitative estimate of drug-likeness (QED) is 0.168. The monoisotopic (exact) mass is 840 g/mol. The van der Waals surface area contributed by atoms with Gasteiger partial charge in [0.25, 0.3) is 0 Å². The molecule has 1 heterocycles. The Hall–Kier alpha value is -8.20. The van der Waals surface area contributed by atoms with Gasteiger partial charge in [0.1, 0.15) is 0 Å². The van der Waals surface area contributed by atoms with Crippen LogP contribution in [0.25, 0.3) is 72.0 Å². The van der Waals surface area contributed by atoms with Crippen LogP contribution in [0.5, 0.6) is 0 Å². The molecule has 2 nitrogen and oxygen atoms in total. The fourth-order valence-electron chi connectivity index (χ4n) is 12.5. The van der Waals surface area contributed by atoms with Gasteiger partial charge in [-0.2, -0.15) is 0 Å². The third-order valence-corrected chi connectivity index (χ3v) is 15.2. The van der Waals surface area contributed by atoms with Crippen molar-refractivity contribution in [3.63, 3.8) is 0 Å². The van der Waals surface area contributed by atoms with Gasteiger partial charge in [-0.25, -0.2) is 0 Å². The van der Waals surface area contributed by atoms with Gasteiger partial charge in [-0.05, 0) is 132 Å². The van der Waals surface area contributed by atoms with Crippen molar-refractivity contribution in [2.75, 3.05) is 4.90 Å². The topological polar surface area (TPSA) is 8.17 Å². The number of benzene rings is 10. The van der Waals surface area contributed by atoms with Gasteiger partial charge in [-0.1, -0.05) is 190 Å². The fourth-order valence-corrected chi connectivity index (χ4v) is 12.5. The van der Waals surface area contributed by atoms with Crippen LogP contribution in [0, 0.1) is 0 Å². The normalized spacial score (nSPS) is 14.2. The maximum Gasteiger partial charge on any atom is 0.0726 e. The number of aromatic nitrogens is 1. The fraction of sp³-hybridized carbons (Fsp3) is 0.0625. The van der Waals surface area contributed by atoms with Gasteiger partial charge in [-0.15, -0.1) is 0 Å². The highest BCUT2D eigenvalue weighted by Gasteiger charge is 2.54. The lowest BCUT2D eigenvalue weighted by molar-refractivity contribution is 0.656. The Morgan fingerprint density at radius 2 is 0.833 bits per heavy atom. The molecule has 3 aliphatic carbocycles. The summed E-state index contributed by atoms with van der Waals surface area (Å²) in [7, 11) is 0. The molecule has 1 spiro atoms. The lowest BCUT2D eigenvalue weighted by Gasteiger charge is -2.32. The minimum absolute atomic E-state index is 0.278. The molecule has 66 heavy (non-hydrogen) atoms. The molecule has 0 aliphatic heterocycles. The first kappa shape index (κ1) is 37.2. The number of fused-ring (bicyclic) bond motifs is 17. The van der Waals surface area contributed by atoms with E-state index in [1.165, 1.54) is 105 Å². The molecular formula is C64H44N2. The molecule has 0 bridgehead atoms. The van der Waals surface area contributed by atoms with E-state index in [9.17, 15) is 0 Å². The van der Waals surface area contributed by atoms with E-state index in [0.29, 0.717) is 0 Å². The largest absolute Gasteiger partial charge is 0.310 e. The third kappa shape index (κ3) is 4.85. The molecule has 11 aromatic rings. The van der Waals surface area contributed by atoms with Gasteiger partial charge >= 0.3 is 0 Å². The molecule has 310 valence electrons. The molecule has 0 amide bonds. The predicted molar refractivity (Wildman–Crippen MR) is 275 cm³/mol. The Morgan fingerprint density at radius 1 is 0.348 bits per heavy atom. The van der Waals surface area contributed by atoms with Gasteiger partial charge < -0.3 is 9.47 Å². The SMILES string of the molecule is CC1(C)c2ccccc2-c2c3c(cc(-n4c5ccccc5c5cc(N(c6ccccc6)c6ccc(-c7ccccc7)cc6)ccc54)c21)C1(c2ccccc2-c2ccccc21)c1ccccc1-3. The van der Waals surface area contributed by atoms with Crippen molar-refractivity contribution in [2.24, 2.45) is 0 Å². The lowest BCUT2D eigenvalue weighted by atomic mass is 9.70. The maximum absolute atomic E-state index is 2.62. The van der Waals surface area contributed by atoms with E-state index >= 15 is 0 Å². The lowest BCUT2D eigenvalue weighted by Crippen LogP contribution is -2.26. The van der Waals surface area contributed by atoms with Crippen molar-refractivity contribution in [1.29, 1.82) is 0 Å². The van der Waals surface area contributed by atoms with Crippen molar-refractivity contribution in [2.45, 2.75) is 24.7 Å². The number of hydrogen-bond donors (Lipinski definition) is 0. The molecule has 2 heteroatoms. The summed E-state index contributed by atoms with van der Waals surface area (Å²) in [6, 6.07) is 85.9. The standard InChI is InChI=1S/C64H44N2/c1-63(2)52-28-14-11-26-49(52)61-60-50-27-12-17-31-55(50)64(53-29-15-9-23-46(53)47-24-10-16-30-54(47)64)56(60)40-59(62(61)63)66-57-32-18-13-25-48(57)51-39-45(37-38-58(51)66)65(43-21-7-4-8-22-43)44-35-33-42(34-36-44)41-19-5-3-6-20-41/h3-40H,1-2H3. The zero-order valence-corrected chi connectivity index (χ0v) is 36.8. The van der Waals surface area contributed by atoms with E-state index in [2.05, 4.69) is 254 Å². The molecule has 0 atom stereocenters. The average molecular weight is 841 g/mol. The van der Waals surface area contributed by atoms with Crippen LogP contribution in [0.15, 0.2) is 231 Å².